The summed E-state index contributed by atoms with van der Waals surface area (Å²) in [6.45, 7) is 4.76. The summed E-state index contributed by atoms with van der Waals surface area (Å²) in [5, 5.41) is 0. The predicted molar refractivity (Wildman–Crippen MR) is 101 cm³/mol. The summed E-state index contributed by atoms with van der Waals surface area (Å²) in [7, 11) is -3.48. The van der Waals surface area contributed by atoms with Gasteiger partial charge in [0.25, 0.3) is 0 Å². The van der Waals surface area contributed by atoms with E-state index in [0.29, 0.717) is 24.4 Å². The van der Waals surface area contributed by atoms with Crippen LogP contribution in [0.25, 0.3) is 0 Å². The lowest BCUT2D eigenvalue weighted by Gasteiger charge is -2.30. The number of nitrogens with zero attached hydrogens (tertiary/aromatic N) is 4. The van der Waals surface area contributed by atoms with E-state index in [9.17, 15) is 8.42 Å². The van der Waals surface area contributed by atoms with Crippen LogP contribution in [0.4, 0.5) is 5.95 Å². The molecule has 138 valence electrons. The molecule has 3 heterocycles. The van der Waals surface area contributed by atoms with Gasteiger partial charge in [0.1, 0.15) is 0 Å². The third kappa shape index (κ3) is 3.33. The molecule has 1 aromatic heterocycles. The molecule has 0 atom stereocenters. The van der Waals surface area contributed by atoms with Gasteiger partial charge in [0.2, 0.25) is 16.0 Å². The molecular weight excluding hydrogens is 348 g/mol. The molecule has 1 aromatic carbocycles. The Balaban J connectivity index is 1.55. The molecule has 26 heavy (non-hydrogen) atoms. The molecule has 0 spiro atoms. The van der Waals surface area contributed by atoms with Crippen LogP contribution >= 0.6 is 0 Å². The number of sulfonamides is 1. The van der Waals surface area contributed by atoms with Crippen LogP contribution in [-0.2, 0) is 23.0 Å². The average molecular weight is 372 g/mol. The average Bonchev–Trinajstić information content (AvgIpc) is 2.68. The van der Waals surface area contributed by atoms with Crippen molar-refractivity contribution in [2.75, 3.05) is 24.5 Å². The van der Waals surface area contributed by atoms with Crippen molar-refractivity contribution in [2.45, 2.75) is 44.0 Å². The standard InChI is InChI=1S/C19H24N4O2S/c1-15-5-7-17(8-6-15)26(24,25)23-12-9-18-16(14-23)13-20-19(21-18)22-10-3-2-4-11-22/h5-8,13H,2-4,9-12,14H2,1H3. The van der Waals surface area contributed by atoms with E-state index < -0.39 is 10.0 Å². The summed E-state index contributed by atoms with van der Waals surface area (Å²) < 4.78 is 27.3. The summed E-state index contributed by atoms with van der Waals surface area (Å²) in [5.74, 6) is 0.790. The first kappa shape index (κ1) is 17.4. The number of fused-ring (bicyclic) bond motifs is 1. The van der Waals surface area contributed by atoms with Crippen LogP contribution in [0.15, 0.2) is 35.4 Å². The molecule has 4 rings (SSSR count). The van der Waals surface area contributed by atoms with Gasteiger partial charge in [-0.2, -0.15) is 4.31 Å². The Morgan fingerprint density at radius 2 is 1.73 bits per heavy atom. The van der Waals surface area contributed by atoms with Crippen molar-refractivity contribution in [1.82, 2.24) is 14.3 Å². The first-order chi connectivity index (χ1) is 12.5. The van der Waals surface area contributed by atoms with Crippen molar-refractivity contribution >= 4 is 16.0 Å². The number of rotatable bonds is 3. The molecule has 0 aliphatic carbocycles. The van der Waals surface area contributed by atoms with Crippen molar-refractivity contribution in [2.24, 2.45) is 0 Å². The van der Waals surface area contributed by atoms with Gasteiger partial charge in [-0.05, 0) is 38.3 Å². The Kier molecular flexibility index (Phi) is 4.67. The zero-order chi connectivity index (χ0) is 18.1. The number of hydrogen-bond acceptors (Lipinski definition) is 5. The lowest BCUT2D eigenvalue weighted by Crippen LogP contribution is -2.37. The molecule has 0 bridgehead atoms. The van der Waals surface area contributed by atoms with Crippen LogP contribution in [0.1, 0.15) is 36.1 Å². The van der Waals surface area contributed by atoms with Gasteiger partial charge in [0.05, 0.1) is 10.6 Å². The van der Waals surface area contributed by atoms with Gasteiger partial charge in [-0.15, -0.1) is 0 Å². The highest BCUT2D eigenvalue weighted by Gasteiger charge is 2.29. The van der Waals surface area contributed by atoms with Crippen molar-refractivity contribution in [3.63, 3.8) is 0 Å². The first-order valence-electron chi connectivity index (χ1n) is 9.20. The maximum absolute atomic E-state index is 12.9. The second-order valence-electron chi connectivity index (χ2n) is 7.09. The molecule has 6 nitrogen and oxygen atoms in total. The minimum absolute atomic E-state index is 0.339. The second kappa shape index (κ2) is 6.96. The van der Waals surface area contributed by atoms with Crippen molar-refractivity contribution in [1.29, 1.82) is 0 Å². The van der Waals surface area contributed by atoms with Crippen molar-refractivity contribution in [3.8, 4) is 0 Å². The quantitative estimate of drug-likeness (QED) is 0.828. The van der Waals surface area contributed by atoms with Crippen LogP contribution < -0.4 is 4.90 Å². The highest BCUT2D eigenvalue weighted by Crippen LogP contribution is 2.25. The fraction of sp³-hybridized carbons (Fsp3) is 0.474. The third-order valence-corrected chi connectivity index (χ3v) is 7.04. The Morgan fingerprint density at radius 1 is 1.00 bits per heavy atom. The van der Waals surface area contributed by atoms with Crippen LogP contribution in [-0.4, -0.2) is 42.3 Å². The summed E-state index contributed by atoms with van der Waals surface area (Å²) in [4.78, 5) is 11.8. The number of hydrogen-bond donors (Lipinski definition) is 0. The van der Waals surface area contributed by atoms with Crippen LogP contribution in [0.3, 0.4) is 0 Å². The Bertz CT molecular complexity index is 890. The maximum Gasteiger partial charge on any atom is 0.243 e. The molecule has 0 saturated carbocycles. The van der Waals surface area contributed by atoms with Gasteiger partial charge >= 0.3 is 0 Å². The molecule has 0 unspecified atom stereocenters. The Morgan fingerprint density at radius 3 is 2.46 bits per heavy atom. The molecule has 2 aliphatic rings. The molecule has 1 fully saturated rings. The molecule has 2 aromatic rings. The zero-order valence-electron chi connectivity index (χ0n) is 15.1. The second-order valence-corrected chi connectivity index (χ2v) is 9.03. The van der Waals surface area contributed by atoms with E-state index in [1.807, 2.05) is 25.3 Å². The zero-order valence-corrected chi connectivity index (χ0v) is 15.9. The molecule has 0 amide bonds. The Labute approximate surface area is 154 Å². The van der Waals surface area contributed by atoms with Gasteiger partial charge in [0, 0.05) is 44.4 Å². The number of piperidine rings is 1. The smallest absolute Gasteiger partial charge is 0.243 e. The monoisotopic (exact) mass is 372 g/mol. The number of benzene rings is 1. The SMILES string of the molecule is Cc1ccc(S(=O)(=O)N2CCc3nc(N4CCCCC4)ncc3C2)cc1. The van der Waals surface area contributed by atoms with E-state index in [-0.39, 0.29) is 0 Å². The first-order valence-corrected chi connectivity index (χ1v) is 10.6. The Hall–Kier alpha value is -1.99. The summed E-state index contributed by atoms with van der Waals surface area (Å²) >= 11 is 0. The minimum atomic E-state index is -3.48. The van der Waals surface area contributed by atoms with E-state index >= 15 is 0 Å². The maximum atomic E-state index is 12.9. The highest BCUT2D eigenvalue weighted by molar-refractivity contribution is 7.89. The van der Waals surface area contributed by atoms with E-state index in [0.717, 1.165) is 35.9 Å². The lowest BCUT2D eigenvalue weighted by atomic mass is 10.1. The highest BCUT2D eigenvalue weighted by atomic mass is 32.2. The third-order valence-electron chi connectivity index (χ3n) is 5.18. The van der Waals surface area contributed by atoms with Gasteiger partial charge < -0.3 is 4.90 Å². The summed E-state index contributed by atoms with van der Waals surface area (Å²) in [5.41, 5.74) is 2.94. The van der Waals surface area contributed by atoms with E-state index in [2.05, 4.69) is 9.88 Å². The van der Waals surface area contributed by atoms with Crippen LogP contribution in [0, 0.1) is 6.92 Å². The lowest BCUT2D eigenvalue weighted by molar-refractivity contribution is 0.386. The van der Waals surface area contributed by atoms with E-state index in [4.69, 9.17) is 4.98 Å². The van der Waals surface area contributed by atoms with E-state index in [1.165, 1.54) is 23.6 Å². The van der Waals surface area contributed by atoms with Crippen molar-refractivity contribution < 1.29 is 8.42 Å². The molecule has 0 radical (unpaired) electrons. The summed E-state index contributed by atoms with van der Waals surface area (Å²) in [6.07, 6.45) is 6.08. The van der Waals surface area contributed by atoms with Crippen molar-refractivity contribution in [3.05, 3.63) is 47.3 Å². The fourth-order valence-electron chi connectivity index (χ4n) is 3.59. The topological polar surface area (TPSA) is 66.4 Å². The van der Waals surface area contributed by atoms with Gasteiger partial charge in [-0.1, -0.05) is 17.7 Å². The van der Waals surface area contributed by atoms with Crippen LogP contribution in [0.5, 0.6) is 0 Å². The largest absolute Gasteiger partial charge is 0.341 e. The normalized spacial score (nSPS) is 18.6. The molecular formula is C19H24N4O2S. The fourth-order valence-corrected chi connectivity index (χ4v) is 5.01. The van der Waals surface area contributed by atoms with Gasteiger partial charge in [-0.3, -0.25) is 0 Å². The van der Waals surface area contributed by atoms with E-state index in [1.54, 1.807) is 12.1 Å². The predicted octanol–water partition coefficient (Wildman–Crippen LogP) is 2.52. The van der Waals surface area contributed by atoms with Gasteiger partial charge in [-0.25, -0.2) is 18.4 Å². The number of aromatic nitrogens is 2. The van der Waals surface area contributed by atoms with Gasteiger partial charge in [0.15, 0.2) is 0 Å². The number of anilines is 1. The molecule has 0 N–H and O–H groups in total. The molecule has 7 heteroatoms. The summed E-state index contributed by atoms with van der Waals surface area (Å²) in [6, 6.07) is 7.02. The number of aryl methyl sites for hydroxylation is 1. The molecule has 2 aliphatic heterocycles. The minimum Gasteiger partial charge on any atom is -0.341 e. The molecule has 1 saturated heterocycles. The van der Waals surface area contributed by atoms with Crippen LogP contribution in [0.2, 0.25) is 0 Å².